The molecule has 1 aromatic rings. The Hall–Kier alpha value is -2.99. The summed E-state index contributed by atoms with van der Waals surface area (Å²) < 4.78 is 16.7. The van der Waals surface area contributed by atoms with E-state index < -0.39 is 53.2 Å². The SMILES string of the molecule is CC(=O)[C@H](O)[C@@H](O)C(=O)O[C@@H](C)C(=O)OC1=CC[C@@]2(O)[C@H]3Cc4ccc(O)c5c4[C@@]2(CCN3C)[C@H]1O5. The molecule has 4 N–H and O–H groups in total. The molecular formula is C25H29NO10. The van der Waals surface area contributed by atoms with Crippen molar-refractivity contribution in [3.8, 4) is 11.5 Å². The number of esters is 2. The molecule has 2 bridgehead atoms. The number of piperidine rings is 1. The average Bonchev–Trinajstić information content (AvgIpc) is 3.19. The maximum absolute atomic E-state index is 12.8. The van der Waals surface area contributed by atoms with Gasteiger partial charge in [0.05, 0.1) is 11.0 Å². The number of hydrogen-bond donors (Lipinski definition) is 4. The summed E-state index contributed by atoms with van der Waals surface area (Å²) in [7, 11) is 1.96. The van der Waals surface area contributed by atoms with Gasteiger partial charge in [0.15, 0.2) is 35.6 Å². The number of phenolic OH excluding ortho intramolecular Hbond substituents is 1. The molecule has 1 fully saturated rings. The number of carbonyl (C=O) groups is 3. The predicted molar refractivity (Wildman–Crippen MR) is 121 cm³/mol. The second-order valence-corrected chi connectivity index (χ2v) is 10.1. The lowest BCUT2D eigenvalue weighted by molar-refractivity contribution is -0.180. The average molecular weight is 504 g/mol. The number of hydrogen-bond acceptors (Lipinski definition) is 11. The summed E-state index contributed by atoms with van der Waals surface area (Å²) in [5.41, 5.74) is -0.476. The van der Waals surface area contributed by atoms with Gasteiger partial charge in [0.25, 0.3) is 0 Å². The second kappa shape index (κ2) is 8.27. The molecule has 0 aromatic heterocycles. The molecule has 1 aromatic carbocycles. The molecule has 2 aliphatic carbocycles. The smallest absolute Gasteiger partial charge is 0.352 e. The zero-order valence-corrected chi connectivity index (χ0v) is 20.1. The molecule has 0 radical (unpaired) electrons. The van der Waals surface area contributed by atoms with Crippen LogP contribution in [0.15, 0.2) is 24.0 Å². The molecule has 0 amide bonds. The van der Waals surface area contributed by atoms with Crippen molar-refractivity contribution < 1.29 is 49.0 Å². The van der Waals surface area contributed by atoms with Crippen LogP contribution in [0, 0.1) is 0 Å². The highest BCUT2D eigenvalue weighted by Crippen LogP contribution is 2.65. The number of Topliss-reactive ketones (excluding diaryl/α,β-unsaturated/α-hetero) is 1. The Morgan fingerprint density at radius 3 is 2.61 bits per heavy atom. The lowest BCUT2D eigenvalue weighted by Crippen LogP contribution is -2.74. The van der Waals surface area contributed by atoms with Crippen LogP contribution in [0.5, 0.6) is 11.5 Å². The summed E-state index contributed by atoms with van der Waals surface area (Å²) in [6, 6.07) is 3.18. The molecule has 1 spiro atoms. The molecule has 2 aliphatic heterocycles. The Kier molecular flexibility index (Phi) is 5.67. The fourth-order valence-electron chi connectivity index (χ4n) is 6.28. The Balaban J connectivity index is 1.42. The first-order chi connectivity index (χ1) is 16.9. The van der Waals surface area contributed by atoms with Gasteiger partial charge < -0.3 is 39.5 Å². The van der Waals surface area contributed by atoms with Crippen molar-refractivity contribution in [2.24, 2.45) is 0 Å². The molecule has 4 aliphatic rings. The zero-order chi connectivity index (χ0) is 26.2. The van der Waals surface area contributed by atoms with Gasteiger partial charge in [-0.1, -0.05) is 6.07 Å². The van der Waals surface area contributed by atoms with Crippen LogP contribution in [-0.4, -0.2) is 92.7 Å². The number of likely N-dealkylation sites (N-methyl/N-ethyl adjacent to an activating group) is 1. The number of aliphatic hydroxyl groups is 3. The van der Waals surface area contributed by atoms with Crippen LogP contribution >= 0.6 is 0 Å². The molecule has 0 saturated carbocycles. The lowest BCUT2D eigenvalue weighted by Gasteiger charge is -2.61. The van der Waals surface area contributed by atoms with E-state index in [9.17, 15) is 34.8 Å². The number of carbonyl (C=O) groups excluding carboxylic acids is 3. The molecule has 5 rings (SSSR count). The van der Waals surface area contributed by atoms with Crippen molar-refractivity contribution >= 4 is 17.7 Å². The van der Waals surface area contributed by atoms with Gasteiger partial charge in [-0.3, -0.25) is 4.79 Å². The van der Waals surface area contributed by atoms with Crippen molar-refractivity contribution in [2.75, 3.05) is 13.6 Å². The van der Waals surface area contributed by atoms with Crippen LogP contribution in [-0.2, 0) is 35.7 Å². The monoisotopic (exact) mass is 503 g/mol. The summed E-state index contributed by atoms with van der Waals surface area (Å²) in [6.07, 6.45) is -3.65. The van der Waals surface area contributed by atoms with Gasteiger partial charge in [-0.25, -0.2) is 9.59 Å². The third kappa shape index (κ3) is 3.23. The molecule has 7 atom stereocenters. The maximum Gasteiger partial charge on any atom is 0.352 e. The molecule has 1 saturated heterocycles. The molecule has 194 valence electrons. The number of nitrogens with zero attached hydrogens (tertiary/aromatic N) is 1. The number of benzene rings is 1. The molecule has 2 heterocycles. The highest BCUT2D eigenvalue weighted by molar-refractivity contribution is 5.89. The van der Waals surface area contributed by atoms with Gasteiger partial charge in [-0.05, 0) is 58.0 Å². The van der Waals surface area contributed by atoms with E-state index in [2.05, 4.69) is 4.90 Å². The van der Waals surface area contributed by atoms with Gasteiger partial charge >= 0.3 is 11.9 Å². The predicted octanol–water partition coefficient (Wildman–Crippen LogP) is -0.544. The highest BCUT2D eigenvalue weighted by Gasteiger charge is 2.72. The van der Waals surface area contributed by atoms with Crippen molar-refractivity contribution in [3.05, 3.63) is 35.1 Å². The first kappa shape index (κ1) is 24.7. The van der Waals surface area contributed by atoms with Crippen molar-refractivity contribution in [1.29, 1.82) is 0 Å². The van der Waals surface area contributed by atoms with E-state index in [1.807, 2.05) is 13.1 Å². The minimum Gasteiger partial charge on any atom is -0.504 e. The van der Waals surface area contributed by atoms with Crippen LogP contribution in [0.1, 0.15) is 37.8 Å². The number of ketones is 1. The van der Waals surface area contributed by atoms with E-state index >= 15 is 0 Å². The molecule has 36 heavy (non-hydrogen) atoms. The third-order valence-electron chi connectivity index (χ3n) is 8.15. The Morgan fingerprint density at radius 2 is 1.92 bits per heavy atom. The van der Waals surface area contributed by atoms with Gasteiger partial charge in [-0.15, -0.1) is 0 Å². The van der Waals surface area contributed by atoms with Crippen LogP contribution in [0.4, 0.5) is 0 Å². The number of aliphatic hydroxyl groups excluding tert-OH is 2. The summed E-state index contributed by atoms with van der Waals surface area (Å²) in [5.74, 6) is -2.82. The van der Waals surface area contributed by atoms with Crippen LogP contribution in [0.25, 0.3) is 0 Å². The van der Waals surface area contributed by atoms with Crippen LogP contribution in [0.2, 0.25) is 0 Å². The van der Waals surface area contributed by atoms with Gasteiger partial charge in [0, 0.05) is 18.0 Å². The van der Waals surface area contributed by atoms with Crippen LogP contribution < -0.4 is 4.74 Å². The van der Waals surface area contributed by atoms with E-state index in [1.165, 1.54) is 6.92 Å². The van der Waals surface area contributed by atoms with Gasteiger partial charge in [-0.2, -0.15) is 0 Å². The summed E-state index contributed by atoms with van der Waals surface area (Å²) in [6.45, 7) is 2.88. The number of rotatable bonds is 6. The van der Waals surface area contributed by atoms with E-state index in [4.69, 9.17) is 14.2 Å². The van der Waals surface area contributed by atoms with Crippen molar-refractivity contribution in [3.63, 3.8) is 0 Å². The minimum absolute atomic E-state index is 0.0664. The largest absolute Gasteiger partial charge is 0.504 e. The number of likely N-dealkylation sites (tertiary alicyclic amines) is 1. The third-order valence-corrected chi connectivity index (χ3v) is 8.15. The minimum atomic E-state index is -2.15. The zero-order valence-electron chi connectivity index (χ0n) is 20.1. The molecule has 11 nitrogen and oxygen atoms in total. The quantitative estimate of drug-likeness (QED) is 0.369. The first-order valence-corrected chi connectivity index (χ1v) is 11.9. The van der Waals surface area contributed by atoms with Crippen molar-refractivity contribution in [2.45, 2.75) is 74.6 Å². The summed E-state index contributed by atoms with van der Waals surface area (Å²) in [5, 5.41) is 42.0. The molecule has 11 heteroatoms. The normalized spacial score (nSPS) is 32.3. The molecular weight excluding hydrogens is 474 g/mol. The van der Waals surface area contributed by atoms with Gasteiger partial charge in [0.2, 0.25) is 0 Å². The number of phenols is 1. The topological polar surface area (TPSA) is 163 Å². The van der Waals surface area contributed by atoms with Gasteiger partial charge in [0.1, 0.15) is 11.9 Å². The number of aromatic hydroxyl groups is 1. The fourth-order valence-corrected chi connectivity index (χ4v) is 6.28. The standard InChI is InChI=1S/C25H29NO10/c1-11(27)18(29)19(30)23(32)34-12(2)22(31)35-15-6-7-25(33)16-10-13-4-5-14(28)20-17(13)24(25,21(15)36-20)8-9-26(16)3/h4-6,12,16,18-19,21,28-30,33H,7-10H2,1-3H3/t12-,16+,18-,19+,21-,24-,25+/m0/s1. The Labute approximate surface area is 206 Å². The van der Waals surface area contributed by atoms with E-state index in [1.54, 1.807) is 12.1 Å². The van der Waals surface area contributed by atoms with Crippen LogP contribution in [0.3, 0.4) is 0 Å². The Bertz CT molecular complexity index is 1180. The molecule has 0 unspecified atom stereocenters. The van der Waals surface area contributed by atoms with E-state index in [0.29, 0.717) is 19.4 Å². The van der Waals surface area contributed by atoms with Crippen molar-refractivity contribution in [1.82, 2.24) is 4.90 Å². The fraction of sp³-hybridized carbons (Fsp3) is 0.560. The maximum atomic E-state index is 12.8. The van der Waals surface area contributed by atoms with E-state index in [-0.39, 0.29) is 29.7 Å². The second-order valence-electron chi connectivity index (χ2n) is 10.1. The lowest BCUT2D eigenvalue weighted by atomic mass is 9.50. The number of ether oxygens (including phenoxy) is 3. The summed E-state index contributed by atoms with van der Waals surface area (Å²) in [4.78, 5) is 38.2. The first-order valence-electron chi connectivity index (χ1n) is 11.9. The Morgan fingerprint density at radius 1 is 1.19 bits per heavy atom. The van der Waals surface area contributed by atoms with E-state index in [0.717, 1.165) is 18.1 Å². The summed E-state index contributed by atoms with van der Waals surface area (Å²) >= 11 is 0. The highest BCUT2D eigenvalue weighted by atomic mass is 16.6.